The van der Waals surface area contributed by atoms with Gasteiger partial charge in [0.05, 0.1) is 24.3 Å². The Balaban J connectivity index is 1.57. The largest absolute Gasteiger partial charge is 0.497 e. The lowest BCUT2D eigenvalue weighted by atomic mass is 9.94. The molecule has 1 N–H and O–H groups in total. The van der Waals surface area contributed by atoms with Crippen LogP contribution in [0.1, 0.15) is 50.2 Å². The normalized spacial score (nSPS) is 14.0. The predicted molar refractivity (Wildman–Crippen MR) is 196 cm³/mol. The van der Waals surface area contributed by atoms with Crippen LogP contribution in [0.15, 0.2) is 108 Å². The highest BCUT2D eigenvalue weighted by atomic mass is 35.5. The Morgan fingerprint density at radius 2 is 1.54 bits per heavy atom. The molecule has 5 rings (SSSR count). The highest BCUT2D eigenvalue weighted by molar-refractivity contribution is 7.92. The van der Waals surface area contributed by atoms with Crippen LogP contribution in [-0.2, 0) is 32.6 Å². The van der Waals surface area contributed by atoms with Gasteiger partial charge >= 0.3 is 0 Å². The molecule has 2 amide bonds. The molecule has 50 heavy (non-hydrogen) atoms. The molecule has 0 aliphatic heterocycles. The molecular weight excluding hydrogens is 674 g/mol. The minimum atomic E-state index is -4.27. The van der Waals surface area contributed by atoms with Gasteiger partial charge in [0.25, 0.3) is 10.0 Å². The number of amides is 2. The van der Waals surface area contributed by atoms with Crippen molar-refractivity contribution in [1.29, 1.82) is 0 Å². The second-order valence-electron chi connectivity index (χ2n) is 12.3. The van der Waals surface area contributed by atoms with Crippen LogP contribution >= 0.6 is 11.6 Å². The van der Waals surface area contributed by atoms with E-state index in [1.807, 2.05) is 55.5 Å². The molecule has 4 aromatic rings. The molecule has 1 fully saturated rings. The van der Waals surface area contributed by atoms with Gasteiger partial charge in [0.1, 0.15) is 24.1 Å². The van der Waals surface area contributed by atoms with Gasteiger partial charge in [-0.1, -0.05) is 73.3 Å². The third kappa shape index (κ3) is 9.57. The zero-order valence-electron chi connectivity index (χ0n) is 28.5. The Hall–Kier alpha value is -4.54. The van der Waals surface area contributed by atoms with E-state index in [1.165, 1.54) is 29.2 Å². The number of ether oxygens (including phenoxy) is 2. The average Bonchev–Trinajstić information content (AvgIpc) is 3.13. The summed E-state index contributed by atoms with van der Waals surface area (Å²) < 4.78 is 40.7. The fourth-order valence-corrected chi connectivity index (χ4v) is 7.74. The zero-order chi connectivity index (χ0) is 35.5. The van der Waals surface area contributed by atoms with Gasteiger partial charge in [0.2, 0.25) is 11.8 Å². The van der Waals surface area contributed by atoms with Gasteiger partial charge in [0.15, 0.2) is 0 Å². The minimum absolute atomic E-state index is 0.00827. The van der Waals surface area contributed by atoms with Crippen molar-refractivity contribution in [1.82, 2.24) is 10.2 Å². The maximum Gasteiger partial charge on any atom is 0.264 e. The fourth-order valence-electron chi connectivity index (χ4n) is 6.20. The molecule has 4 aromatic carbocycles. The van der Waals surface area contributed by atoms with E-state index in [1.54, 1.807) is 37.4 Å². The first-order valence-electron chi connectivity index (χ1n) is 17.0. The van der Waals surface area contributed by atoms with Gasteiger partial charge in [-0.2, -0.15) is 0 Å². The van der Waals surface area contributed by atoms with Crippen molar-refractivity contribution in [2.45, 2.75) is 69.0 Å². The van der Waals surface area contributed by atoms with E-state index in [4.69, 9.17) is 21.1 Å². The molecule has 1 aliphatic rings. The van der Waals surface area contributed by atoms with Crippen molar-refractivity contribution >= 4 is 39.1 Å². The summed E-state index contributed by atoms with van der Waals surface area (Å²) in [5, 5.41) is 3.61. The van der Waals surface area contributed by atoms with Crippen molar-refractivity contribution < 1.29 is 27.5 Å². The Morgan fingerprint density at radius 3 is 2.20 bits per heavy atom. The van der Waals surface area contributed by atoms with Crippen LogP contribution in [0, 0.1) is 0 Å². The molecule has 1 unspecified atom stereocenters. The van der Waals surface area contributed by atoms with E-state index in [-0.39, 0.29) is 35.5 Å². The van der Waals surface area contributed by atoms with Crippen LogP contribution in [0.3, 0.4) is 0 Å². The second kappa shape index (κ2) is 17.4. The van der Waals surface area contributed by atoms with Crippen LogP contribution in [0.25, 0.3) is 0 Å². The molecule has 0 saturated heterocycles. The lowest BCUT2D eigenvalue weighted by Crippen LogP contribution is -2.55. The van der Waals surface area contributed by atoms with Gasteiger partial charge in [-0.05, 0) is 91.6 Å². The smallest absolute Gasteiger partial charge is 0.264 e. The van der Waals surface area contributed by atoms with Gasteiger partial charge in [-0.3, -0.25) is 13.9 Å². The molecule has 1 saturated carbocycles. The number of anilines is 1. The maximum absolute atomic E-state index is 14.8. The van der Waals surface area contributed by atoms with Crippen molar-refractivity contribution in [2.24, 2.45) is 0 Å². The van der Waals surface area contributed by atoms with E-state index >= 15 is 0 Å². The third-order valence-electron chi connectivity index (χ3n) is 8.83. The summed E-state index contributed by atoms with van der Waals surface area (Å²) in [6.45, 7) is 1.78. The van der Waals surface area contributed by atoms with Gasteiger partial charge < -0.3 is 19.7 Å². The van der Waals surface area contributed by atoms with Crippen molar-refractivity contribution in [3.8, 4) is 11.5 Å². The number of carbonyl (C=O) groups is 2. The first kappa shape index (κ1) is 36.7. The topological polar surface area (TPSA) is 105 Å². The standard InChI is InChI=1S/C39H44ClN3O6S/c1-3-49-34-21-19-33(20-22-34)43(50(46,47)36-23-17-31(40)18-24-36)28-38(44)42(27-30-13-10-16-35(25-30)48-2)37(26-29-11-6-4-7-12-29)39(45)41-32-14-8-5-9-15-32/h4,6-7,10-13,16-25,32,37H,3,5,8-9,14-15,26-28H2,1-2H3,(H,41,45). The molecular formula is C39H44ClN3O6S. The summed E-state index contributed by atoms with van der Waals surface area (Å²) in [6.07, 6.45) is 5.17. The molecule has 1 atom stereocenters. The molecule has 0 heterocycles. The molecule has 11 heteroatoms. The lowest BCUT2D eigenvalue weighted by molar-refractivity contribution is -0.140. The number of halogens is 1. The van der Waals surface area contributed by atoms with Crippen molar-refractivity contribution in [2.75, 3.05) is 24.6 Å². The Kier molecular flexibility index (Phi) is 12.8. The molecule has 9 nitrogen and oxygen atoms in total. The van der Waals surface area contributed by atoms with E-state index < -0.39 is 28.5 Å². The van der Waals surface area contributed by atoms with Crippen molar-refractivity contribution in [3.63, 3.8) is 0 Å². The lowest BCUT2D eigenvalue weighted by Gasteiger charge is -2.35. The first-order chi connectivity index (χ1) is 24.2. The number of hydrogen-bond acceptors (Lipinski definition) is 6. The third-order valence-corrected chi connectivity index (χ3v) is 10.9. The summed E-state index contributed by atoms with van der Waals surface area (Å²) in [5.74, 6) is 0.347. The van der Waals surface area contributed by atoms with Gasteiger partial charge in [-0.15, -0.1) is 0 Å². The number of hydrogen-bond donors (Lipinski definition) is 1. The molecule has 0 radical (unpaired) electrons. The van der Waals surface area contributed by atoms with Crippen LogP contribution in [0.5, 0.6) is 11.5 Å². The second-order valence-corrected chi connectivity index (χ2v) is 14.6. The molecule has 0 spiro atoms. The number of nitrogens with one attached hydrogen (secondary N) is 1. The Labute approximate surface area is 300 Å². The highest BCUT2D eigenvalue weighted by Gasteiger charge is 2.35. The van der Waals surface area contributed by atoms with Crippen LogP contribution < -0.4 is 19.1 Å². The quantitative estimate of drug-likeness (QED) is 0.142. The van der Waals surface area contributed by atoms with E-state index in [0.717, 1.165) is 47.5 Å². The van der Waals surface area contributed by atoms with Crippen molar-refractivity contribution in [3.05, 3.63) is 119 Å². The number of sulfonamides is 1. The number of benzene rings is 4. The van der Waals surface area contributed by atoms with Crippen LogP contribution in [0.2, 0.25) is 5.02 Å². The number of nitrogens with zero attached hydrogens (tertiary/aromatic N) is 2. The molecule has 0 bridgehead atoms. The van der Waals surface area contributed by atoms with Gasteiger partial charge in [0, 0.05) is 24.0 Å². The predicted octanol–water partition coefficient (Wildman–Crippen LogP) is 7.03. The summed E-state index contributed by atoms with van der Waals surface area (Å²) >= 11 is 6.10. The fraction of sp³-hybridized carbons (Fsp3) is 0.333. The van der Waals surface area contributed by atoms with Crippen LogP contribution in [-0.4, -0.2) is 57.5 Å². The highest BCUT2D eigenvalue weighted by Crippen LogP contribution is 2.28. The SMILES string of the molecule is CCOc1ccc(N(CC(=O)N(Cc2cccc(OC)c2)C(Cc2ccccc2)C(=O)NC2CCCCC2)S(=O)(=O)c2ccc(Cl)cc2)cc1. The first-order valence-corrected chi connectivity index (χ1v) is 18.8. The number of rotatable bonds is 15. The summed E-state index contributed by atoms with van der Waals surface area (Å²) in [5.41, 5.74) is 1.87. The van der Waals surface area contributed by atoms with E-state index in [0.29, 0.717) is 23.1 Å². The average molecular weight is 718 g/mol. The van der Waals surface area contributed by atoms with Crippen LogP contribution in [0.4, 0.5) is 5.69 Å². The zero-order valence-corrected chi connectivity index (χ0v) is 30.0. The Morgan fingerprint density at radius 1 is 0.860 bits per heavy atom. The van der Waals surface area contributed by atoms with Gasteiger partial charge in [-0.25, -0.2) is 8.42 Å². The summed E-state index contributed by atoms with van der Waals surface area (Å²) in [4.78, 5) is 30.5. The number of carbonyl (C=O) groups excluding carboxylic acids is 2. The summed E-state index contributed by atoms with van der Waals surface area (Å²) in [6, 6.07) is 28.3. The minimum Gasteiger partial charge on any atom is -0.497 e. The van der Waals surface area contributed by atoms with E-state index in [9.17, 15) is 18.0 Å². The maximum atomic E-state index is 14.8. The monoisotopic (exact) mass is 717 g/mol. The molecule has 264 valence electrons. The van der Waals surface area contributed by atoms with E-state index in [2.05, 4.69) is 5.32 Å². The molecule has 0 aromatic heterocycles. The summed E-state index contributed by atoms with van der Waals surface area (Å²) in [7, 11) is -2.71. The molecule has 1 aliphatic carbocycles. The number of methoxy groups -OCH3 is 1. The Bertz CT molecular complexity index is 1820.